The molecule has 0 aliphatic rings. The minimum Gasteiger partial charge on any atom is -0.382 e. The van der Waals surface area contributed by atoms with Crippen LogP contribution in [0.2, 0.25) is 10.0 Å². The van der Waals surface area contributed by atoms with Crippen LogP contribution in [0.15, 0.2) is 39.4 Å². The molecule has 1 heterocycles. The number of halogens is 4. The van der Waals surface area contributed by atoms with Gasteiger partial charge in [-0.25, -0.2) is 0 Å². The van der Waals surface area contributed by atoms with Gasteiger partial charge in [0.05, 0.1) is 5.69 Å². The molecule has 94 valence electrons. The maximum absolute atomic E-state index is 10.3. The van der Waals surface area contributed by atoms with Crippen molar-refractivity contribution in [2.24, 2.45) is 0 Å². The van der Waals surface area contributed by atoms with E-state index in [1.165, 1.54) is 0 Å². The van der Waals surface area contributed by atoms with Gasteiger partial charge in [0.25, 0.3) is 0 Å². The number of aromatic nitrogens is 1. The summed E-state index contributed by atoms with van der Waals surface area (Å²) < 4.78 is 1.52. The minimum absolute atomic E-state index is 0.448. The summed E-state index contributed by atoms with van der Waals surface area (Å²) in [5.41, 5.74) is 1.02. The Kier molecular flexibility index (Phi) is 4.67. The minimum atomic E-state index is -0.932. The van der Waals surface area contributed by atoms with Crippen molar-refractivity contribution < 1.29 is 5.11 Å². The molecular formula is C12H7Br2Cl2NO. The summed E-state index contributed by atoms with van der Waals surface area (Å²) in [6.07, 6.45) is 0.681. The fraction of sp³-hybridized carbons (Fsp3) is 0.0833. The van der Waals surface area contributed by atoms with Crippen molar-refractivity contribution in [3.8, 4) is 0 Å². The second-order valence-corrected chi connectivity index (χ2v) is 6.20. The van der Waals surface area contributed by atoms with Crippen LogP contribution < -0.4 is 0 Å². The molecule has 0 bridgehead atoms. The van der Waals surface area contributed by atoms with Gasteiger partial charge in [0.1, 0.15) is 6.10 Å². The van der Waals surface area contributed by atoms with Gasteiger partial charge in [0, 0.05) is 30.8 Å². The van der Waals surface area contributed by atoms with Crippen LogP contribution in [0.3, 0.4) is 0 Å². The largest absolute Gasteiger partial charge is 0.382 e. The Hall–Kier alpha value is -0.130. The molecule has 0 saturated carbocycles. The van der Waals surface area contributed by atoms with E-state index in [0.29, 0.717) is 25.8 Å². The first kappa shape index (κ1) is 14.3. The van der Waals surface area contributed by atoms with Crippen LogP contribution in [0.25, 0.3) is 0 Å². The van der Waals surface area contributed by atoms with Crippen LogP contribution in [-0.4, -0.2) is 10.1 Å². The fourth-order valence-corrected chi connectivity index (χ4v) is 3.10. The van der Waals surface area contributed by atoms with Crippen LogP contribution in [0, 0.1) is 0 Å². The lowest BCUT2D eigenvalue weighted by Gasteiger charge is -2.14. The smallest absolute Gasteiger partial charge is 0.124 e. The first-order chi connectivity index (χ1) is 8.49. The van der Waals surface area contributed by atoms with E-state index in [2.05, 4.69) is 36.8 Å². The Morgan fingerprint density at radius 3 is 2.56 bits per heavy atom. The predicted molar refractivity (Wildman–Crippen MR) is 80.2 cm³/mol. The Labute approximate surface area is 131 Å². The van der Waals surface area contributed by atoms with E-state index in [-0.39, 0.29) is 0 Å². The number of benzene rings is 1. The topological polar surface area (TPSA) is 33.1 Å². The second-order valence-electron chi connectivity index (χ2n) is 3.59. The number of pyridine rings is 1. The van der Waals surface area contributed by atoms with Gasteiger partial charge in [0.2, 0.25) is 0 Å². The molecule has 18 heavy (non-hydrogen) atoms. The van der Waals surface area contributed by atoms with Gasteiger partial charge in [-0.1, -0.05) is 23.2 Å². The van der Waals surface area contributed by atoms with E-state index in [1.54, 1.807) is 24.4 Å². The normalized spacial score (nSPS) is 12.5. The van der Waals surface area contributed by atoms with E-state index in [0.717, 1.165) is 4.47 Å². The molecule has 0 saturated heterocycles. The van der Waals surface area contributed by atoms with Crippen molar-refractivity contribution >= 4 is 55.1 Å². The Bertz CT molecular complexity index is 592. The average molecular weight is 412 g/mol. The van der Waals surface area contributed by atoms with Crippen molar-refractivity contribution in [3.05, 3.63) is 60.7 Å². The van der Waals surface area contributed by atoms with Crippen molar-refractivity contribution in [2.45, 2.75) is 6.10 Å². The first-order valence-electron chi connectivity index (χ1n) is 4.93. The number of hydrogen-bond acceptors (Lipinski definition) is 2. The highest BCUT2D eigenvalue weighted by molar-refractivity contribution is 9.11. The molecule has 6 heteroatoms. The zero-order valence-corrected chi connectivity index (χ0v) is 13.6. The molecule has 0 aliphatic carbocycles. The van der Waals surface area contributed by atoms with Crippen LogP contribution in [0.4, 0.5) is 0 Å². The molecule has 2 rings (SSSR count). The lowest BCUT2D eigenvalue weighted by atomic mass is 10.1. The average Bonchev–Trinajstić information content (AvgIpc) is 2.31. The maximum Gasteiger partial charge on any atom is 0.124 e. The summed E-state index contributed by atoms with van der Waals surface area (Å²) in [5.74, 6) is 0. The molecule has 0 aliphatic heterocycles. The zero-order valence-electron chi connectivity index (χ0n) is 8.87. The maximum atomic E-state index is 10.3. The van der Waals surface area contributed by atoms with Gasteiger partial charge in [-0.05, 0) is 56.1 Å². The zero-order chi connectivity index (χ0) is 13.3. The van der Waals surface area contributed by atoms with Crippen molar-refractivity contribution in [1.82, 2.24) is 4.98 Å². The Morgan fingerprint density at radius 2 is 1.89 bits per heavy atom. The molecule has 0 radical (unpaired) electrons. The monoisotopic (exact) mass is 409 g/mol. The summed E-state index contributed by atoms with van der Waals surface area (Å²) >= 11 is 18.6. The third-order valence-corrected chi connectivity index (χ3v) is 4.00. The van der Waals surface area contributed by atoms with Gasteiger partial charge in [0.15, 0.2) is 0 Å². The summed E-state index contributed by atoms with van der Waals surface area (Å²) in [7, 11) is 0. The summed E-state index contributed by atoms with van der Waals surface area (Å²) in [6.45, 7) is 0. The molecule has 1 atom stereocenters. The van der Waals surface area contributed by atoms with Crippen LogP contribution in [0.5, 0.6) is 0 Å². The van der Waals surface area contributed by atoms with E-state index >= 15 is 0 Å². The van der Waals surface area contributed by atoms with E-state index < -0.39 is 6.10 Å². The lowest BCUT2D eigenvalue weighted by molar-refractivity contribution is 0.214. The molecule has 1 N–H and O–H groups in total. The predicted octanol–water partition coefficient (Wildman–Crippen LogP) is 5.00. The number of aliphatic hydroxyl groups is 1. The van der Waals surface area contributed by atoms with Crippen molar-refractivity contribution in [3.63, 3.8) is 0 Å². The SMILES string of the molecule is OC(c1cc(Cl)ccc1Cl)c1ncc(Br)cc1Br. The molecule has 2 aromatic rings. The Balaban J connectivity index is 2.47. The molecule has 0 spiro atoms. The highest BCUT2D eigenvalue weighted by Crippen LogP contribution is 2.33. The van der Waals surface area contributed by atoms with Gasteiger partial charge in [-0.15, -0.1) is 0 Å². The molecular weight excluding hydrogens is 405 g/mol. The van der Waals surface area contributed by atoms with Gasteiger partial charge in [-0.2, -0.15) is 0 Å². The molecule has 1 unspecified atom stereocenters. The fourth-order valence-electron chi connectivity index (χ4n) is 1.50. The summed E-state index contributed by atoms with van der Waals surface area (Å²) in [5, 5.41) is 11.3. The van der Waals surface area contributed by atoms with Gasteiger partial charge < -0.3 is 5.11 Å². The van der Waals surface area contributed by atoms with Gasteiger partial charge >= 0.3 is 0 Å². The van der Waals surface area contributed by atoms with Crippen LogP contribution >= 0.6 is 55.1 Å². The Morgan fingerprint density at radius 1 is 1.17 bits per heavy atom. The van der Waals surface area contributed by atoms with Crippen LogP contribution in [0.1, 0.15) is 17.4 Å². The van der Waals surface area contributed by atoms with Crippen molar-refractivity contribution in [2.75, 3.05) is 0 Å². The number of aliphatic hydroxyl groups excluding tert-OH is 1. The molecule has 2 nitrogen and oxygen atoms in total. The highest BCUT2D eigenvalue weighted by atomic mass is 79.9. The third-order valence-electron chi connectivity index (χ3n) is 2.35. The lowest BCUT2D eigenvalue weighted by Crippen LogP contribution is -2.04. The van der Waals surface area contributed by atoms with Crippen LogP contribution in [-0.2, 0) is 0 Å². The number of nitrogens with zero attached hydrogens (tertiary/aromatic N) is 1. The highest BCUT2D eigenvalue weighted by Gasteiger charge is 2.18. The molecule has 1 aromatic carbocycles. The van der Waals surface area contributed by atoms with Crippen molar-refractivity contribution in [1.29, 1.82) is 0 Å². The summed E-state index contributed by atoms with van der Waals surface area (Å²) in [4.78, 5) is 4.18. The number of hydrogen-bond donors (Lipinski definition) is 1. The van der Waals surface area contributed by atoms with E-state index in [4.69, 9.17) is 23.2 Å². The van der Waals surface area contributed by atoms with Gasteiger partial charge in [-0.3, -0.25) is 4.98 Å². The molecule has 0 fully saturated rings. The van der Waals surface area contributed by atoms with E-state index in [1.807, 2.05) is 6.07 Å². The molecule has 0 amide bonds. The quantitative estimate of drug-likeness (QED) is 0.754. The second kappa shape index (κ2) is 5.88. The standard InChI is InChI=1S/C12H7Br2Cl2NO/c13-6-3-9(14)11(17-5-6)12(18)8-4-7(15)1-2-10(8)16/h1-5,12,18H. The van der Waals surface area contributed by atoms with E-state index in [9.17, 15) is 5.11 Å². The first-order valence-corrected chi connectivity index (χ1v) is 7.27. The number of rotatable bonds is 2. The third kappa shape index (κ3) is 3.06. The molecule has 1 aromatic heterocycles. The summed E-state index contributed by atoms with van der Waals surface area (Å²) in [6, 6.07) is 6.76.